The molecular weight excluding hydrogens is 256 g/mol. The number of benzene rings is 1. The van der Waals surface area contributed by atoms with E-state index >= 15 is 0 Å². The molecule has 1 heterocycles. The summed E-state index contributed by atoms with van der Waals surface area (Å²) in [4.78, 5) is 2.67. The van der Waals surface area contributed by atoms with Gasteiger partial charge in [-0.05, 0) is 56.8 Å². The van der Waals surface area contributed by atoms with E-state index in [-0.39, 0.29) is 0 Å². The normalized spacial score (nSPS) is 25.7. The van der Waals surface area contributed by atoms with Crippen LogP contribution in [0.2, 0.25) is 5.02 Å². The monoisotopic (exact) mass is 278 g/mol. The van der Waals surface area contributed by atoms with Crippen LogP contribution < -0.4 is 5.32 Å². The highest BCUT2D eigenvalue weighted by Crippen LogP contribution is 2.31. The smallest absolute Gasteiger partial charge is 0.0453 e. The van der Waals surface area contributed by atoms with Crippen molar-refractivity contribution in [1.29, 1.82) is 0 Å². The van der Waals surface area contributed by atoms with E-state index in [1.807, 2.05) is 12.1 Å². The van der Waals surface area contributed by atoms with Crippen LogP contribution in [0.3, 0.4) is 0 Å². The van der Waals surface area contributed by atoms with Crippen molar-refractivity contribution in [2.45, 2.75) is 38.3 Å². The van der Waals surface area contributed by atoms with Crippen LogP contribution in [-0.4, -0.2) is 30.6 Å². The van der Waals surface area contributed by atoms with Crippen LogP contribution in [-0.2, 0) is 0 Å². The molecule has 19 heavy (non-hydrogen) atoms. The van der Waals surface area contributed by atoms with E-state index in [1.165, 1.54) is 37.9 Å². The number of likely N-dealkylation sites (tertiary alicyclic amines) is 1. The summed E-state index contributed by atoms with van der Waals surface area (Å²) < 4.78 is 0. The number of hydrogen-bond acceptors (Lipinski definition) is 2. The average molecular weight is 279 g/mol. The van der Waals surface area contributed by atoms with Crippen LogP contribution in [0.25, 0.3) is 0 Å². The van der Waals surface area contributed by atoms with Gasteiger partial charge in [0, 0.05) is 23.7 Å². The van der Waals surface area contributed by atoms with Crippen LogP contribution >= 0.6 is 11.6 Å². The Morgan fingerprint density at radius 2 is 2.11 bits per heavy atom. The van der Waals surface area contributed by atoms with Gasteiger partial charge in [-0.1, -0.05) is 29.8 Å². The zero-order valence-electron chi connectivity index (χ0n) is 11.6. The second-order valence-electron chi connectivity index (χ2n) is 6.03. The van der Waals surface area contributed by atoms with Gasteiger partial charge in [-0.15, -0.1) is 0 Å². The maximum atomic E-state index is 6.24. The molecule has 1 N–H and O–H groups in total. The lowest BCUT2D eigenvalue weighted by atomic mass is 10.1. The molecule has 1 aliphatic carbocycles. The molecule has 1 saturated carbocycles. The summed E-state index contributed by atoms with van der Waals surface area (Å²) >= 11 is 6.24. The fourth-order valence-corrected chi connectivity index (χ4v) is 3.38. The van der Waals surface area contributed by atoms with Gasteiger partial charge in [0.2, 0.25) is 0 Å². The summed E-state index contributed by atoms with van der Waals surface area (Å²) in [5, 5.41) is 4.52. The lowest BCUT2D eigenvalue weighted by Crippen LogP contribution is -2.29. The third kappa shape index (κ3) is 3.31. The SMILES string of the molecule is CC(NCC1CCN(C2CC2)C1)c1ccccc1Cl. The average Bonchev–Trinajstić information content (AvgIpc) is 3.16. The van der Waals surface area contributed by atoms with Crippen molar-refractivity contribution in [2.75, 3.05) is 19.6 Å². The first-order chi connectivity index (χ1) is 9.24. The zero-order valence-corrected chi connectivity index (χ0v) is 12.4. The summed E-state index contributed by atoms with van der Waals surface area (Å²) in [6.45, 7) is 5.90. The lowest BCUT2D eigenvalue weighted by Gasteiger charge is -2.19. The molecular formula is C16H23ClN2. The van der Waals surface area contributed by atoms with E-state index in [9.17, 15) is 0 Å². The molecule has 104 valence electrons. The Morgan fingerprint density at radius 1 is 1.32 bits per heavy atom. The molecule has 2 atom stereocenters. The quantitative estimate of drug-likeness (QED) is 0.887. The molecule has 0 aromatic heterocycles. The number of halogens is 1. The maximum absolute atomic E-state index is 6.24. The third-order valence-corrected chi connectivity index (χ3v) is 4.81. The molecule has 3 heteroatoms. The van der Waals surface area contributed by atoms with Gasteiger partial charge < -0.3 is 10.2 Å². The first-order valence-electron chi connectivity index (χ1n) is 7.46. The largest absolute Gasteiger partial charge is 0.310 e. The van der Waals surface area contributed by atoms with Gasteiger partial charge in [-0.2, -0.15) is 0 Å². The Hall–Kier alpha value is -0.570. The number of nitrogens with one attached hydrogen (secondary N) is 1. The maximum Gasteiger partial charge on any atom is 0.0453 e. The molecule has 0 bridgehead atoms. The second kappa shape index (κ2) is 5.82. The molecule has 0 spiro atoms. The second-order valence-corrected chi connectivity index (χ2v) is 6.44. The minimum Gasteiger partial charge on any atom is -0.310 e. The molecule has 2 unspecified atom stereocenters. The fourth-order valence-electron chi connectivity index (χ4n) is 3.08. The highest BCUT2D eigenvalue weighted by atomic mass is 35.5. The molecule has 2 nitrogen and oxygen atoms in total. The van der Waals surface area contributed by atoms with E-state index in [1.54, 1.807) is 0 Å². The number of nitrogens with zero attached hydrogens (tertiary/aromatic N) is 1. The van der Waals surface area contributed by atoms with Crippen LogP contribution in [0.4, 0.5) is 0 Å². The van der Waals surface area contributed by atoms with Gasteiger partial charge in [0.15, 0.2) is 0 Å². The summed E-state index contributed by atoms with van der Waals surface area (Å²) in [6, 6.07) is 9.40. The molecule has 1 aliphatic heterocycles. The number of rotatable bonds is 5. The minimum absolute atomic E-state index is 0.337. The Bertz CT molecular complexity index is 431. The zero-order chi connectivity index (χ0) is 13.2. The Balaban J connectivity index is 1.48. The van der Waals surface area contributed by atoms with Gasteiger partial charge in [-0.3, -0.25) is 0 Å². The van der Waals surface area contributed by atoms with Crippen molar-refractivity contribution in [1.82, 2.24) is 10.2 Å². The fraction of sp³-hybridized carbons (Fsp3) is 0.625. The molecule has 1 saturated heterocycles. The first-order valence-corrected chi connectivity index (χ1v) is 7.83. The predicted molar refractivity (Wildman–Crippen MR) is 80.6 cm³/mol. The Labute approximate surface area is 121 Å². The van der Waals surface area contributed by atoms with Gasteiger partial charge in [0.25, 0.3) is 0 Å². The highest BCUT2D eigenvalue weighted by Gasteiger charge is 2.34. The molecule has 3 rings (SSSR count). The minimum atomic E-state index is 0.337. The van der Waals surface area contributed by atoms with Crippen molar-refractivity contribution >= 4 is 11.6 Å². The van der Waals surface area contributed by atoms with E-state index in [2.05, 4.69) is 29.3 Å². The highest BCUT2D eigenvalue weighted by molar-refractivity contribution is 6.31. The van der Waals surface area contributed by atoms with Crippen molar-refractivity contribution in [2.24, 2.45) is 5.92 Å². The first kappa shape index (κ1) is 13.4. The molecule has 0 radical (unpaired) electrons. The molecule has 1 aromatic rings. The topological polar surface area (TPSA) is 15.3 Å². The van der Waals surface area contributed by atoms with Crippen LogP contribution in [0.1, 0.15) is 37.8 Å². The third-order valence-electron chi connectivity index (χ3n) is 4.46. The molecule has 1 aromatic carbocycles. The van der Waals surface area contributed by atoms with Crippen molar-refractivity contribution in [3.05, 3.63) is 34.9 Å². The van der Waals surface area contributed by atoms with Crippen LogP contribution in [0.15, 0.2) is 24.3 Å². The molecule has 0 amide bonds. The summed E-state index contributed by atoms with van der Waals surface area (Å²) in [6.07, 6.45) is 4.20. The van der Waals surface area contributed by atoms with E-state index in [4.69, 9.17) is 11.6 Å². The van der Waals surface area contributed by atoms with Crippen molar-refractivity contribution in [3.63, 3.8) is 0 Å². The van der Waals surface area contributed by atoms with Gasteiger partial charge in [0.05, 0.1) is 0 Å². The van der Waals surface area contributed by atoms with E-state index in [0.29, 0.717) is 6.04 Å². The standard InChI is InChI=1S/C16H23ClN2/c1-12(15-4-2-3-5-16(15)17)18-10-13-8-9-19(11-13)14-6-7-14/h2-5,12-14,18H,6-11H2,1H3. The van der Waals surface area contributed by atoms with Gasteiger partial charge >= 0.3 is 0 Å². The Morgan fingerprint density at radius 3 is 2.84 bits per heavy atom. The van der Waals surface area contributed by atoms with Gasteiger partial charge in [-0.25, -0.2) is 0 Å². The molecule has 2 fully saturated rings. The lowest BCUT2D eigenvalue weighted by molar-refractivity contribution is 0.310. The van der Waals surface area contributed by atoms with Gasteiger partial charge in [0.1, 0.15) is 0 Å². The summed E-state index contributed by atoms with van der Waals surface area (Å²) in [7, 11) is 0. The Kier molecular flexibility index (Phi) is 4.11. The number of hydrogen-bond donors (Lipinski definition) is 1. The predicted octanol–water partition coefficient (Wildman–Crippen LogP) is 3.47. The van der Waals surface area contributed by atoms with E-state index < -0.39 is 0 Å². The molecule has 2 aliphatic rings. The summed E-state index contributed by atoms with van der Waals surface area (Å²) in [5.41, 5.74) is 1.21. The van der Waals surface area contributed by atoms with Crippen molar-refractivity contribution < 1.29 is 0 Å². The van der Waals surface area contributed by atoms with Crippen LogP contribution in [0, 0.1) is 5.92 Å². The van der Waals surface area contributed by atoms with Crippen molar-refractivity contribution in [3.8, 4) is 0 Å². The summed E-state index contributed by atoms with van der Waals surface area (Å²) in [5.74, 6) is 0.811. The van der Waals surface area contributed by atoms with Crippen LogP contribution in [0.5, 0.6) is 0 Å². The van der Waals surface area contributed by atoms with E-state index in [0.717, 1.165) is 23.5 Å².